The van der Waals surface area contributed by atoms with E-state index >= 15 is 0 Å². The van der Waals surface area contributed by atoms with Gasteiger partial charge in [-0.1, -0.05) is 41.9 Å². The molecule has 0 aromatic heterocycles. The lowest BCUT2D eigenvalue weighted by atomic mass is 10.1. The fourth-order valence-corrected chi connectivity index (χ4v) is 3.46. The summed E-state index contributed by atoms with van der Waals surface area (Å²) >= 11 is 6.09. The van der Waals surface area contributed by atoms with E-state index in [1.807, 2.05) is 44.2 Å². The maximum Gasteiger partial charge on any atom is 0.306 e. The van der Waals surface area contributed by atoms with E-state index in [9.17, 15) is 14.4 Å². The quantitative estimate of drug-likeness (QED) is 0.335. The average molecular weight is 495 g/mol. The van der Waals surface area contributed by atoms with Crippen LogP contribution in [0.15, 0.2) is 66.7 Å². The van der Waals surface area contributed by atoms with Crippen molar-refractivity contribution in [2.45, 2.75) is 33.1 Å². The Hall–Kier alpha value is -3.84. The van der Waals surface area contributed by atoms with Gasteiger partial charge in [-0.3, -0.25) is 14.4 Å². The van der Waals surface area contributed by atoms with E-state index in [0.29, 0.717) is 34.3 Å². The molecule has 0 heterocycles. The van der Waals surface area contributed by atoms with Gasteiger partial charge in [-0.15, -0.1) is 0 Å². The molecular weight excluding hydrogens is 468 g/mol. The summed E-state index contributed by atoms with van der Waals surface area (Å²) in [6.07, 6.45) is 0.479. The van der Waals surface area contributed by atoms with Crippen LogP contribution in [0, 0.1) is 13.8 Å². The van der Waals surface area contributed by atoms with Crippen LogP contribution in [0.5, 0.6) is 11.5 Å². The van der Waals surface area contributed by atoms with Crippen molar-refractivity contribution in [3.63, 3.8) is 0 Å². The number of benzene rings is 3. The number of anilines is 2. The number of ether oxygens (including phenoxy) is 2. The highest BCUT2D eigenvalue weighted by Gasteiger charge is 2.12. The number of esters is 1. The lowest BCUT2D eigenvalue weighted by Crippen LogP contribution is -2.22. The third-order valence-corrected chi connectivity index (χ3v) is 5.41. The van der Waals surface area contributed by atoms with Crippen molar-refractivity contribution in [1.29, 1.82) is 0 Å². The highest BCUT2D eigenvalue weighted by molar-refractivity contribution is 6.32. The van der Waals surface area contributed by atoms with E-state index in [-0.39, 0.29) is 25.4 Å². The molecular formula is C27H27ClN2O5. The van der Waals surface area contributed by atoms with Gasteiger partial charge in [0.15, 0.2) is 6.61 Å². The number of hydrogen-bond acceptors (Lipinski definition) is 5. The fourth-order valence-electron chi connectivity index (χ4n) is 3.28. The van der Waals surface area contributed by atoms with Crippen molar-refractivity contribution < 1.29 is 23.9 Å². The standard InChI is InChI=1S/C27H27ClN2O5/c1-18-7-5-8-19(2)27(18)30-25(32)17-34-26(33)12-6-11-24(31)29-20-13-15-21(16-14-20)35-23-10-4-3-9-22(23)28/h3-5,7-10,13-16H,6,11-12,17H2,1-2H3,(H,29,31)(H,30,32). The normalized spacial score (nSPS) is 10.4. The summed E-state index contributed by atoms with van der Waals surface area (Å²) < 4.78 is 10.7. The zero-order chi connectivity index (χ0) is 25.2. The molecule has 0 aliphatic rings. The maximum absolute atomic E-state index is 12.2. The lowest BCUT2D eigenvalue weighted by molar-refractivity contribution is -0.147. The molecule has 0 atom stereocenters. The zero-order valence-electron chi connectivity index (χ0n) is 19.6. The predicted octanol–water partition coefficient (Wildman–Crippen LogP) is 6.04. The molecule has 0 fully saturated rings. The Labute approximate surface area is 209 Å². The highest BCUT2D eigenvalue weighted by atomic mass is 35.5. The van der Waals surface area contributed by atoms with Gasteiger partial charge in [0, 0.05) is 24.2 Å². The number of aryl methyl sites for hydroxylation is 2. The minimum atomic E-state index is -0.532. The largest absolute Gasteiger partial charge is 0.456 e. The molecule has 182 valence electrons. The molecule has 0 saturated heterocycles. The number of amides is 2. The Balaban J connectivity index is 1.35. The maximum atomic E-state index is 12.2. The summed E-state index contributed by atoms with van der Waals surface area (Å²) in [5, 5.41) is 6.03. The Morgan fingerprint density at radius 3 is 2.17 bits per heavy atom. The Morgan fingerprint density at radius 2 is 1.49 bits per heavy atom. The van der Waals surface area contributed by atoms with E-state index in [0.717, 1.165) is 11.1 Å². The number of hydrogen-bond donors (Lipinski definition) is 2. The van der Waals surface area contributed by atoms with Crippen LogP contribution in [-0.4, -0.2) is 24.4 Å². The third kappa shape index (κ3) is 8.15. The van der Waals surface area contributed by atoms with Crippen molar-refractivity contribution in [1.82, 2.24) is 0 Å². The van der Waals surface area contributed by atoms with Crippen molar-refractivity contribution in [3.05, 3.63) is 82.9 Å². The zero-order valence-corrected chi connectivity index (χ0v) is 20.4. The number of rotatable bonds is 10. The summed E-state index contributed by atoms with van der Waals surface area (Å²) in [4.78, 5) is 36.2. The van der Waals surface area contributed by atoms with Gasteiger partial charge in [0.2, 0.25) is 5.91 Å². The van der Waals surface area contributed by atoms with E-state index in [1.54, 1.807) is 36.4 Å². The number of halogens is 1. The van der Waals surface area contributed by atoms with Crippen LogP contribution in [0.1, 0.15) is 30.4 Å². The predicted molar refractivity (Wildman–Crippen MR) is 136 cm³/mol. The van der Waals surface area contributed by atoms with Gasteiger partial charge in [-0.2, -0.15) is 0 Å². The van der Waals surface area contributed by atoms with Crippen molar-refractivity contribution in [3.8, 4) is 11.5 Å². The summed E-state index contributed by atoms with van der Waals surface area (Å²) in [7, 11) is 0. The summed E-state index contributed by atoms with van der Waals surface area (Å²) in [6, 6.07) is 19.7. The van der Waals surface area contributed by atoms with Gasteiger partial charge >= 0.3 is 5.97 Å². The monoisotopic (exact) mass is 494 g/mol. The molecule has 3 aromatic rings. The third-order valence-electron chi connectivity index (χ3n) is 5.10. The number of carbonyl (C=O) groups is 3. The van der Waals surface area contributed by atoms with E-state index in [4.69, 9.17) is 21.1 Å². The molecule has 0 bridgehead atoms. The number of carbonyl (C=O) groups excluding carboxylic acids is 3. The van der Waals surface area contributed by atoms with Gasteiger partial charge < -0.3 is 20.1 Å². The first-order valence-corrected chi connectivity index (χ1v) is 11.5. The molecule has 0 aliphatic carbocycles. The average Bonchev–Trinajstić information content (AvgIpc) is 2.83. The summed E-state index contributed by atoms with van der Waals surface area (Å²) in [6.45, 7) is 3.41. The molecule has 0 unspecified atom stereocenters. The van der Waals surface area contributed by atoms with Gasteiger partial charge in [0.1, 0.15) is 11.5 Å². The molecule has 2 amide bonds. The number of para-hydroxylation sites is 2. The summed E-state index contributed by atoms with van der Waals surface area (Å²) in [5.41, 5.74) is 3.18. The van der Waals surface area contributed by atoms with Gasteiger partial charge in [0.25, 0.3) is 5.91 Å². The Bertz CT molecular complexity index is 1170. The van der Waals surface area contributed by atoms with Gasteiger partial charge in [0.05, 0.1) is 5.02 Å². The SMILES string of the molecule is Cc1cccc(C)c1NC(=O)COC(=O)CCCC(=O)Nc1ccc(Oc2ccccc2Cl)cc1. The first-order chi connectivity index (χ1) is 16.8. The van der Waals surface area contributed by atoms with E-state index in [1.165, 1.54) is 0 Å². The first kappa shape index (κ1) is 25.8. The number of nitrogens with one attached hydrogen (secondary N) is 2. The topological polar surface area (TPSA) is 93.7 Å². The highest BCUT2D eigenvalue weighted by Crippen LogP contribution is 2.29. The molecule has 3 aromatic carbocycles. The molecule has 8 heteroatoms. The van der Waals surface area contributed by atoms with Crippen molar-refractivity contribution in [2.24, 2.45) is 0 Å². The minimum Gasteiger partial charge on any atom is -0.456 e. The van der Waals surface area contributed by atoms with Crippen LogP contribution in [-0.2, 0) is 19.1 Å². The van der Waals surface area contributed by atoms with Crippen LogP contribution >= 0.6 is 11.6 Å². The summed E-state index contributed by atoms with van der Waals surface area (Å²) in [5.74, 6) is -0.0441. The van der Waals surface area contributed by atoms with Crippen LogP contribution in [0.3, 0.4) is 0 Å². The lowest BCUT2D eigenvalue weighted by Gasteiger charge is -2.11. The van der Waals surface area contributed by atoms with Crippen LogP contribution in [0.25, 0.3) is 0 Å². The molecule has 0 aliphatic heterocycles. The molecule has 2 N–H and O–H groups in total. The fraction of sp³-hybridized carbons (Fsp3) is 0.222. The molecule has 0 spiro atoms. The molecule has 7 nitrogen and oxygen atoms in total. The molecule has 0 saturated carbocycles. The second kappa shape index (κ2) is 12.6. The molecule has 35 heavy (non-hydrogen) atoms. The van der Waals surface area contributed by atoms with Crippen molar-refractivity contribution >= 4 is 40.8 Å². The second-order valence-corrected chi connectivity index (χ2v) is 8.34. The van der Waals surface area contributed by atoms with E-state index in [2.05, 4.69) is 10.6 Å². The Kier molecular flexibility index (Phi) is 9.26. The smallest absolute Gasteiger partial charge is 0.306 e. The van der Waals surface area contributed by atoms with E-state index < -0.39 is 11.9 Å². The van der Waals surface area contributed by atoms with Crippen LogP contribution < -0.4 is 15.4 Å². The van der Waals surface area contributed by atoms with Gasteiger partial charge in [-0.25, -0.2) is 0 Å². The van der Waals surface area contributed by atoms with Crippen LogP contribution in [0.2, 0.25) is 5.02 Å². The van der Waals surface area contributed by atoms with Crippen molar-refractivity contribution in [2.75, 3.05) is 17.2 Å². The second-order valence-electron chi connectivity index (χ2n) is 7.93. The minimum absolute atomic E-state index is 0.0364. The van der Waals surface area contributed by atoms with Gasteiger partial charge in [-0.05, 0) is 67.8 Å². The molecule has 3 rings (SSSR count). The Morgan fingerprint density at radius 1 is 0.800 bits per heavy atom. The first-order valence-electron chi connectivity index (χ1n) is 11.2. The molecule has 0 radical (unpaired) electrons. The van der Waals surface area contributed by atoms with Crippen LogP contribution in [0.4, 0.5) is 11.4 Å².